The van der Waals surface area contributed by atoms with Crippen LogP contribution < -0.4 is 4.74 Å². The maximum atomic E-state index is 13.4. The Morgan fingerprint density at radius 2 is 1.91 bits per heavy atom. The lowest BCUT2D eigenvalue weighted by molar-refractivity contribution is -0.0936. The molecule has 1 N–H and O–H groups in total. The quantitative estimate of drug-likeness (QED) is 0.929. The minimum Gasteiger partial charge on any atom is -0.434 e. The Morgan fingerprint density at radius 3 is 2.50 bits per heavy atom. The van der Waals surface area contributed by atoms with Crippen LogP contribution in [0.3, 0.4) is 0 Å². The number of alkyl halides is 2. The molecule has 22 heavy (non-hydrogen) atoms. The second kappa shape index (κ2) is 5.74. The third-order valence-electron chi connectivity index (χ3n) is 5.03. The highest BCUT2D eigenvalue weighted by atomic mass is 19.3. The lowest BCUT2D eigenvalue weighted by atomic mass is 9.72. The highest BCUT2D eigenvalue weighted by Crippen LogP contribution is 2.46. The number of nitrogens with zero attached hydrogens (tertiary/aromatic N) is 1. The fraction of sp³-hybridized carbons (Fsp3) is 0.625. The summed E-state index contributed by atoms with van der Waals surface area (Å²) in [7, 11) is 2.04. The number of ether oxygens (including phenoxy) is 1. The summed E-state index contributed by atoms with van der Waals surface area (Å²) >= 11 is 0. The van der Waals surface area contributed by atoms with Gasteiger partial charge < -0.3 is 14.7 Å². The standard InChI is InChI=1S/C16H20F3NO2/c1-20-11-3-2-4-12(20)9-16(21,8-11)13-6-5-10(17)7-14(13)22-15(18)19/h5-7,11-12,15,21H,2-4,8-9H2,1H3. The topological polar surface area (TPSA) is 32.7 Å². The molecule has 0 spiro atoms. The van der Waals surface area contributed by atoms with Gasteiger partial charge in [0.25, 0.3) is 0 Å². The summed E-state index contributed by atoms with van der Waals surface area (Å²) in [5.74, 6) is -0.920. The number of hydrogen-bond donors (Lipinski definition) is 1. The maximum Gasteiger partial charge on any atom is 0.387 e. The molecule has 2 atom stereocenters. The zero-order chi connectivity index (χ0) is 15.9. The lowest BCUT2D eigenvalue weighted by Gasteiger charge is -2.51. The number of piperidine rings is 2. The van der Waals surface area contributed by atoms with Gasteiger partial charge in [0.2, 0.25) is 0 Å². The summed E-state index contributed by atoms with van der Waals surface area (Å²) in [6.45, 7) is -3.05. The Bertz CT molecular complexity index is 538. The van der Waals surface area contributed by atoms with Gasteiger partial charge in [-0.2, -0.15) is 8.78 Å². The van der Waals surface area contributed by atoms with Crippen LogP contribution >= 0.6 is 0 Å². The van der Waals surface area contributed by atoms with E-state index in [9.17, 15) is 18.3 Å². The van der Waals surface area contributed by atoms with Crippen LogP contribution in [0.4, 0.5) is 13.2 Å². The third kappa shape index (κ3) is 2.82. The SMILES string of the molecule is CN1C2CCCC1CC(O)(c1ccc(F)cc1OC(F)F)C2. The number of aliphatic hydroxyl groups is 1. The molecule has 122 valence electrons. The smallest absolute Gasteiger partial charge is 0.387 e. The van der Waals surface area contributed by atoms with Crippen LogP contribution in [-0.2, 0) is 5.60 Å². The normalized spacial score (nSPS) is 32.3. The van der Waals surface area contributed by atoms with Gasteiger partial charge in [-0.15, -0.1) is 0 Å². The number of benzene rings is 1. The molecule has 2 heterocycles. The maximum absolute atomic E-state index is 13.4. The predicted molar refractivity (Wildman–Crippen MR) is 75.4 cm³/mol. The second-order valence-corrected chi connectivity index (χ2v) is 6.36. The van der Waals surface area contributed by atoms with E-state index < -0.39 is 18.0 Å². The highest BCUT2D eigenvalue weighted by Gasteiger charge is 2.46. The van der Waals surface area contributed by atoms with Crippen LogP contribution in [0.5, 0.6) is 5.75 Å². The fourth-order valence-electron chi connectivity index (χ4n) is 3.94. The summed E-state index contributed by atoms with van der Waals surface area (Å²) in [6, 6.07) is 3.89. The molecule has 0 aliphatic carbocycles. The molecule has 0 saturated carbocycles. The Morgan fingerprint density at radius 1 is 1.27 bits per heavy atom. The number of rotatable bonds is 3. The minimum absolute atomic E-state index is 0.210. The highest BCUT2D eigenvalue weighted by molar-refractivity contribution is 5.39. The summed E-state index contributed by atoms with van der Waals surface area (Å²) in [4.78, 5) is 2.26. The van der Waals surface area contributed by atoms with E-state index in [2.05, 4.69) is 9.64 Å². The average molecular weight is 315 g/mol. The van der Waals surface area contributed by atoms with Crippen molar-refractivity contribution in [1.82, 2.24) is 4.90 Å². The van der Waals surface area contributed by atoms with Crippen molar-refractivity contribution in [3.63, 3.8) is 0 Å². The first-order valence-electron chi connectivity index (χ1n) is 7.58. The van der Waals surface area contributed by atoms with E-state index in [1.807, 2.05) is 7.05 Å². The monoisotopic (exact) mass is 315 g/mol. The summed E-state index contributed by atoms with van der Waals surface area (Å²) in [5, 5.41) is 11.1. The first kappa shape index (κ1) is 15.6. The van der Waals surface area contributed by atoms with Gasteiger partial charge in [-0.3, -0.25) is 0 Å². The van der Waals surface area contributed by atoms with Crippen molar-refractivity contribution >= 4 is 0 Å². The molecule has 2 aliphatic rings. The molecule has 0 radical (unpaired) electrons. The van der Waals surface area contributed by atoms with Crippen molar-refractivity contribution in [3.8, 4) is 5.75 Å². The third-order valence-corrected chi connectivity index (χ3v) is 5.03. The van der Waals surface area contributed by atoms with E-state index in [0.29, 0.717) is 12.8 Å². The largest absolute Gasteiger partial charge is 0.434 e. The molecule has 3 nitrogen and oxygen atoms in total. The van der Waals surface area contributed by atoms with Crippen LogP contribution in [0.15, 0.2) is 18.2 Å². The van der Waals surface area contributed by atoms with E-state index >= 15 is 0 Å². The summed E-state index contributed by atoms with van der Waals surface area (Å²) in [5.41, 5.74) is -0.987. The van der Waals surface area contributed by atoms with Gasteiger partial charge >= 0.3 is 6.61 Å². The molecule has 2 bridgehead atoms. The fourth-order valence-corrected chi connectivity index (χ4v) is 3.94. The molecule has 1 aromatic carbocycles. The Hall–Kier alpha value is -1.27. The number of halogens is 3. The van der Waals surface area contributed by atoms with Gasteiger partial charge in [0, 0.05) is 23.7 Å². The molecule has 2 unspecified atom stereocenters. The van der Waals surface area contributed by atoms with E-state index in [4.69, 9.17) is 0 Å². The van der Waals surface area contributed by atoms with Gasteiger partial charge in [-0.1, -0.05) is 6.42 Å². The minimum atomic E-state index is -3.05. The van der Waals surface area contributed by atoms with Crippen molar-refractivity contribution < 1.29 is 23.0 Å². The van der Waals surface area contributed by atoms with Crippen LogP contribution in [0.25, 0.3) is 0 Å². The number of fused-ring (bicyclic) bond motifs is 2. The Labute approximate surface area is 127 Å². The van der Waals surface area contributed by atoms with E-state index in [1.165, 1.54) is 12.1 Å². The molecule has 3 rings (SSSR count). The van der Waals surface area contributed by atoms with Crippen molar-refractivity contribution in [3.05, 3.63) is 29.6 Å². The summed E-state index contributed by atoms with van der Waals surface area (Å²) in [6.07, 6.45) is 3.96. The van der Waals surface area contributed by atoms with Crippen molar-refractivity contribution in [2.24, 2.45) is 0 Å². The van der Waals surface area contributed by atoms with Gasteiger partial charge in [0.15, 0.2) is 0 Å². The van der Waals surface area contributed by atoms with E-state index in [-0.39, 0.29) is 23.4 Å². The van der Waals surface area contributed by atoms with E-state index in [0.717, 1.165) is 25.3 Å². The molecule has 2 saturated heterocycles. The summed E-state index contributed by atoms with van der Waals surface area (Å²) < 4.78 is 43.0. The Balaban J connectivity index is 1.96. The van der Waals surface area contributed by atoms with Crippen LogP contribution in [0.1, 0.15) is 37.7 Å². The molecule has 0 aromatic heterocycles. The van der Waals surface area contributed by atoms with Crippen LogP contribution in [-0.4, -0.2) is 35.7 Å². The Kier molecular flexibility index (Phi) is 4.07. The zero-order valence-electron chi connectivity index (χ0n) is 12.4. The first-order chi connectivity index (χ1) is 10.4. The average Bonchev–Trinajstić information content (AvgIpc) is 2.40. The zero-order valence-corrected chi connectivity index (χ0v) is 12.4. The molecular formula is C16H20F3NO2. The van der Waals surface area contributed by atoms with Gasteiger partial charge in [-0.05, 0) is 44.9 Å². The van der Waals surface area contributed by atoms with Crippen molar-refractivity contribution in [2.45, 2.75) is 56.4 Å². The van der Waals surface area contributed by atoms with Crippen LogP contribution in [0, 0.1) is 5.82 Å². The predicted octanol–water partition coefficient (Wildman–Crippen LogP) is 3.26. The van der Waals surface area contributed by atoms with Gasteiger partial charge in [0.1, 0.15) is 11.6 Å². The van der Waals surface area contributed by atoms with Crippen molar-refractivity contribution in [2.75, 3.05) is 7.05 Å². The van der Waals surface area contributed by atoms with Crippen LogP contribution in [0.2, 0.25) is 0 Å². The molecule has 6 heteroatoms. The van der Waals surface area contributed by atoms with Gasteiger partial charge in [0.05, 0.1) is 5.60 Å². The lowest BCUT2D eigenvalue weighted by Crippen LogP contribution is -2.55. The number of hydrogen-bond acceptors (Lipinski definition) is 3. The first-order valence-corrected chi connectivity index (χ1v) is 7.58. The molecule has 1 aromatic rings. The van der Waals surface area contributed by atoms with Crippen molar-refractivity contribution in [1.29, 1.82) is 0 Å². The van der Waals surface area contributed by atoms with Gasteiger partial charge in [-0.25, -0.2) is 4.39 Å². The molecular weight excluding hydrogens is 295 g/mol. The molecule has 2 aliphatic heterocycles. The second-order valence-electron chi connectivity index (χ2n) is 6.36. The molecule has 2 fully saturated rings. The molecule has 0 amide bonds. The van der Waals surface area contributed by atoms with E-state index in [1.54, 1.807) is 0 Å².